The summed E-state index contributed by atoms with van der Waals surface area (Å²) in [7, 11) is 0. The van der Waals surface area contributed by atoms with E-state index in [0.717, 1.165) is 17.5 Å². The summed E-state index contributed by atoms with van der Waals surface area (Å²) in [5.74, 6) is 0.167. The number of hydrogen-bond donors (Lipinski definition) is 2. The average Bonchev–Trinajstić information content (AvgIpc) is 2.59. The Hall–Kier alpha value is -1.27. The van der Waals surface area contributed by atoms with E-state index in [2.05, 4.69) is 10.3 Å². The Morgan fingerprint density at radius 1 is 1.41 bits per heavy atom. The second-order valence-electron chi connectivity index (χ2n) is 4.00. The molecule has 0 aliphatic heterocycles. The van der Waals surface area contributed by atoms with Crippen LogP contribution in [0.3, 0.4) is 0 Å². The topological polar surface area (TPSA) is 41.5 Å². The average molecular weight is 247 g/mol. The Kier molecular flexibility index (Phi) is 3.26. The summed E-state index contributed by atoms with van der Waals surface area (Å²) in [5.41, 5.74) is 4.23. The summed E-state index contributed by atoms with van der Waals surface area (Å²) in [5, 5.41) is 9.26. The molecule has 0 saturated heterocycles. The molecule has 1 atom stereocenters. The van der Waals surface area contributed by atoms with Crippen LogP contribution in [0.5, 0.6) is 5.75 Å². The van der Waals surface area contributed by atoms with Crippen molar-refractivity contribution in [1.29, 1.82) is 0 Å². The van der Waals surface area contributed by atoms with Crippen LogP contribution >= 0.6 is 0 Å². The quantitative estimate of drug-likeness (QED) is 0.806. The van der Waals surface area contributed by atoms with Gasteiger partial charge < -0.3 is 5.11 Å². The maximum atomic E-state index is 11.9. The van der Waals surface area contributed by atoms with E-state index in [1.807, 2.05) is 0 Å². The molecule has 0 bridgehead atoms. The van der Waals surface area contributed by atoms with E-state index in [9.17, 15) is 18.3 Å². The molecule has 0 heterocycles. The Bertz CT molecular complexity index is 406. The molecule has 0 radical (unpaired) electrons. The lowest BCUT2D eigenvalue weighted by Gasteiger charge is -2.15. The largest absolute Gasteiger partial charge is 0.508 e. The minimum absolute atomic E-state index is 0.167. The number of phenols is 1. The molecule has 1 unspecified atom stereocenters. The third kappa shape index (κ3) is 3.10. The third-order valence-electron chi connectivity index (χ3n) is 2.67. The van der Waals surface area contributed by atoms with Crippen LogP contribution in [0.4, 0.5) is 13.2 Å². The van der Waals surface area contributed by atoms with Gasteiger partial charge in [-0.2, -0.15) is 18.7 Å². The molecule has 1 aromatic rings. The van der Waals surface area contributed by atoms with Crippen LogP contribution in [0, 0.1) is 0 Å². The SMILES string of the molecule is Oc1ccc2c(c1)CCC2NOCC(F)(F)F. The fourth-order valence-corrected chi connectivity index (χ4v) is 1.95. The van der Waals surface area contributed by atoms with Gasteiger partial charge in [0.25, 0.3) is 0 Å². The highest BCUT2D eigenvalue weighted by atomic mass is 19.4. The number of hydroxylamine groups is 1. The molecule has 1 aromatic carbocycles. The second kappa shape index (κ2) is 4.54. The summed E-state index contributed by atoms with van der Waals surface area (Å²) >= 11 is 0. The van der Waals surface area contributed by atoms with Crippen molar-refractivity contribution in [3.8, 4) is 5.75 Å². The normalized spacial score (nSPS) is 19.4. The second-order valence-corrected chi connectivity index (χ2v) is 4.00. The lowest BCUT2D eigenvalue weighted by atomic mass is 10.1. The summed E-state index contributed by atoms with van der Waals surface area (Å²) < 4.78 is 35.6. The van der Waals surface area contributed by atoms with Gasteiger partial charge in [-0.15, -0.1) is 0 Å². The van der Waals surface area contributed by atoms with Gasteiger partial charge in [0.1, 0.15) is 5.75 Å². The molecule has 0 amide bonds. The van der Waals surface area contributed by atoms with Crippen LogP contribution in [0.25, 0.3) is 0 Å². The molecule has 1 aliphatic carbocycles. The first-order chi connectivity index (χ1) is 7.96. The van der Waals surface area contributed by atoms with Crippen molar-refractivity contribution in [2.45, 2.75) is 25.1 Å². The third-order valence-corrected chi connectivity index (χ3v) is 2.67. The van der Waals surface area contributed by atoms with Gasteiger partial charge in [0.15, 0.2) is 6.61 Å². The van der Waals surface area contributed by atoms with Crippen LogP contribution < -0.4 is 5.48 Å². The lowest BCUT2D eigenvalue weighted by Crippen LogP contribution is -2.27. The van der Waals surface area contributed by atoms with Crippen LogP contribution in [0.15, 0.2) is 18.2 Å². The molecule has 1 aliphatic rings. The summed E-state index contributed by atoms with van der Waals surface area (Å²) in [6.07, 6.45) is -2.95. The molecule has 17 heavy (non-hydrogen) atoms. The first-order valence-electron chi connectivity index (χ1n) is 5.21. The van der Waals surface area contributed by atoms with Crippen molar-refractivity contribution >= 4 is 0 Å². The first-order valence-corrected chi connectivity index (χ1v) is 5.21. The van der Waals surface area contributed by atoms with Gasteiger partial charge in [-0.25, -0.2) is 0 Å². The highest BCUT2D eigenvalue weighted by Crippen LogP contribution is 2.33. The molecule has 94 valence electrons. The van der Waals surface area contributed by atoms with E-state index in [0.29, 0.717) is 6.42 Å². The smallest absolute Gasteiger partial charge is 0.413 e. The number of nitrogens with one attached hydrogen (secondary N) is 1. The van der Waals surface area contributed by atoms with Crippen LogP contribution in [0.2, 0.25) is 0 Å². The van der Waals surface area contributed by atoms with E-state index in [-0.39, 0.29) is 11.8 Å². The number of rotatable bonds is 3. The Balaban J connectivity index is 1.94. The van der Waals surface area contributed by atoms with Crippen molar-refractivity contribution in [3.63, 3.8) is 0 Å². The minimum atomic E-state index is -4.33. The summed E-state index contributed by atoms with van der Waals surface area (Å²) in [6, 6.07) is 4.60. The van der Waals surface area contributed by atoms with E-state index in [1.54, 1.807) is 12.1 Å². The zero-order chi connectivity index (χ0) is 12.5. The number of alkyl halides is 3. The van der Waals surface area contributed by atoms with Gasteiger partial charge in [0.05, 0.1) is 6.04 Å². The number of phenolic OH excluding ortho intramolecular Hbond substituents is 1. The standard InChI is InChI=1S/C11H12F3NO2/c12-11(13,14)6-17-15-10-4-1-7-5-8(16)2-3-9(7)10/h2-3,5,10,15-16H,1,4,6H2. The van der Waals surface area contributed by atoms with Crippen molar-refractivity contribution in [1.82, 2.24) is 5.48 Å². The monoisotopic (exact) mass is 247 g/mol. The molecule has 0 saturated carbocycles. The fourth-order valence-electron chi connectivity index (χ4n) is 1.95. The zero-order valence-corrected chi connectivity index (χ0v) is 8.92. The molecule has 6 heteroatoms. The van der Waals surface area contributed by atoms with Gasteiger partial charge in [0.2, 0.25) is 0 Å². The van der Waals surface area contributed by atoms with E-state index in [4.69, 9.17) is 0 Å². The predicted molar refractivity (Wildman–Crippen MR) is 54.3 cm³/mol. The highest BCUT2D eigenvalue weighted by Gasteiger charge is 2.29. The molecular formula is C11H12F3NO2. The predicted octanol–water partition coefficient (Wildman–Crippen LogP) is 2.46. The van der Waals surface area contributed by atoms with Gasteiger partial charge in [0, 0.05) is 0 Å². The fraction of sp³-hybridized carbons (Fsp3) is 0.455. The van der Waals surface area contributed by atoms with Gasteiger partial charge in [-0.05, 0) is 36.1 Å². The number of aromatic hydroxyl groups is 1. The highest BCUT2D eigenvalue weighted by molar-refractivity contribution is 5.39. The number of aryl methyl sites for hydroxylation is 1. The van der Waals surface area contributed by atoms with Crippen LogP contribution in [-0.2, 0) is 11.3 Å². The molecule has 2 N–H and O–H groups in total. The van der Waals surface area contributed by atoms with Crippen molar-refractivity contribution in [3.05, 3.63) is 29.3 Å². The summed E-state index contributed by atoms with van der Waals surface area (Å²) in [6.45, 7) is -1.31. The number of benzene rings is 1. The first kappa shape index (κ1) is 12.2. The number of hydrogen-bond acceptors (Lipinski definition) is 3. The molecular weight excluding hydrogens is 235 g/mol. The number of halogens is 3. The Labute approximate surface area is 96.2 Å². The Morgan fingerprint density at radius 3 is 2.88 bits per heavy atom. The van der Waals surface area contributed by atoms with E-state index < -0.39 is 12.8 Å². The van der Waals surface area contributed by atoms with Crippen LogP contribution in [0.1, 0.15) is 23.6 Å². The molecule has 0 fully saturated rings. The van der Waals surface area contributed by atoms with Crippen molar-refractivity contribution in [2.75, 3.05) is 6.61 Å². The van der Waals surface area contributed by atoms with E-state index in [1.165, 1.54) is 6.07 Å². The van der Waals surface area contributed by atoms with Gasteiger partial charge in [-0.1, -0.05) is 6.07 Å². The Morgan fingerprint density at radius 2 is 2.18 bits per heavy atom. The number of fused-ring (bicyclic) bond motifs is 1. The molecule has 2 rings (SSSR count). The van der Waals surface area contributed by atoms with Gasteiger partial charge in [-0.3, -0.25) is 4.84 Å². The maximum Gasteiger partial charge on any atom is 0.413 e. The zero-order valence-electron chi connectivity index (χ0n) is 8.92. The molecule has 3 nitrogen and oxygen atoms in total. The summed E-state index contributed by atoms with van der Waals surface area (Å²) in [4.78, 5) is 4.43. The maximum absolute atomic E-state index is 11.9. The lowest BCUT2D eigenvalue weighted by molar-refractivity contribution is -0.193. The molecule has 0 aromatic heterocycles. The van der Waals surface area contributed by atoms with Crippen LogP contribution in [-0.4, -0.2) is 17.9 Å². The van der Waals surface area contributed by atoms with Crippen molar-refractivity contribution < 1.29 is 23.1 Å². The van der Waals surface area contributed by atoms with Crippen molar-refractivity contribution in [2.24, 2.45) is 0 Å². The molecule has 0 spiro atoms. The minimum Gasteiger partial charge on any atom is -0.508 e. The van der Waals surface area contributed by atoms with E-state index >= 15 is 0 Å². The van der Waals surface area contributed by atoms with Gasteiger partial charge >= 0.3 is 6.18 Å².